The van der Waals surface area contributed by atoms with Gasteiger partial charge in [-0.1, -0.05) is 40.7 Å². The summed E-state index contributed by atoms with van der Waals surface area (Å²) in [7, 11) is 0. The van der Waals surface area contributed by atoms with Crippen molar-refractivity contribution in [1.82, 2.24) is 19.9 Å². The van der Waals surface area contributed by atoms with Crippen LogP contribution >= 0.6 is 11.8 Å². The van der Waals surface area contributed by atoms with Crippen LogP contribution in [-0.4, -0.2) is 26.5 Å². The van der Waals surface area contributed by atoms with Gasteiger partial charge in [0, 0.05) is 22.6 Å². The first-order valence-electron chi connectivity index (χ1n) is 9.87. The molecular formula is C23H24N4O2S. The number of aromatic nitrogens is 4. The zero-order valence-electron chi connectivity index (χ0n) is 17.5. The molecule has 0 amide bonds. The maximum absolute atomic E-state index is 5.60. The smallest absolute Gasteiger partial charge is 0.196 e. The van der Waals surface area contributed by atoms with Crippen molar-refractivity contribution in [2.75, 3.05) is 6.61 Å². The largest absolute Gasteiger partial charge is 0.494 e. The molecule has 2 heterocycles. The van der Waals surface area contributed by atoms with Crippen molar-refractivity contribution in [3.05, 3.63) is 71.1 Å². The predicted molar refractivity (Wildman–Crippen MR) is 118 cm³/mol. The molecule has 0 saturated heterocycles. The van der Waals surface area contributed by atoms with Gasteiger partial charge in [0.2, 0.25) is 0 Å². The molecule has 0 aliphatic rings. The topological polar surface area (TPSA) is 66.0 Å². The number of nitrogens with zero attached hydrogens (tertiary/aromatic N) is 4. The van der Waals surface area contributed by atoms with Crippen molar-refractivity contribution in [2.45, 2.75) is 38.6 Å². The molecule has 0 radical (unpaired) electrons. The molecule has 30 heavy (non-hydrogen) atoms. The molecule has 0 atom stereocenters. The monoisotopic (exact) mass is 420 g/mol. The van der Waals surface area contributed by atoms with Crippen LogP contribution in [-0.2, 0) is 5.75 Å². The third-order valence-corrected chi connectivity index (χ3v) is 5.80. The molecule has 0 N–H and O–H groups in total. The zero-order valence-corrected chi connectivity index (χ0v) is 18.4. The van der Waals surface area contributed by atoms with Crippen LogP contribution in [0.4, 0.5) is 0 Å². The minimum Gasteiger partial charge on any atom is -0.494 e. The van der Waals surface area contributed by atoms with Crippen molar-refractivity contribution < 1.29 is 9.26 Å². The van der Waals surface area contributed by atoms with Gasteiger partial charge in [0.05, 0.1) is 12.3 Å². The van der Waals surface area contributed by atoms with E-state index in [1.807, 2.05) is 51.1 Å². The molecule has 2 aromatic heterocycles. The Morgan fingerprint density at radius 2 is 1.83 bits per heavy atom. The fourth-order valence-electron chi connectivity index (χ4n) is 3.27. The number of thioether (sulfide) groups is 1. The van der Waals surface area contributed by atoms with Gasteiger partial charge in [0.1, 0.15) is 11.5 Å². The molecule has 0 bridgehead atoms. The Morgan fingerprint density at radius 3 is 2.50 bits per heavy atom. The average Bonchev–Trinajstić information content (AvgIpc) is 3.30. The highest BCUT2D eigenvalue weighted by molar-refractivity contribution is 7.98. The lowest BCUT2D eigenvalue weighted by Crippen LogP contribution is -2.01. The summed E-state index contributed by atoms with van der Waals surface area (Å²) in [6.45, 7) is 8.59. The third-order valence-electron chi connectivity index (χ3n) is 4.84. The van der Waals surface area contributed by atoms with E-state index in [0.717, 1.165) is 45.0 Å². The maximum Gasteiger partial charge on any atom is 0.196 e. The van der Waals surface area contributed by atoms with E-state index in [1.54, 1.807) is 11.8 Å². The maximum atomic E-state index is 5.60. The van der Waals surface area contributed by atoms with Gasteiger partial charge in [-0.15, -0.1) is 10.2 Å². The van der Waals surface area contributed by atoms with E-state index >= 15 is 0 Å². The lowest BCUT2D eigenvalue weighted by atomic mass is 10.1. The van der Waals surface area contributed by atoms with Crippen LogP contribution in [0.25, 0.3) is 17.1 Å². The molecule has 7 heteroatoms. The summed E-state index contributed by atoms with van der Waals surface area (Å²) >= 11 is 1.62. The summed E-state index contributed by atoms with van der Waals surface area (Å²) in [5.74, 6) is 3.20. The highest BCUT2D eigenvalue weighted by Crippen LogP contribution is 2.32. The Labute approximate surface area is 180 Å². The van der Waals surface area contributed by atoms with Crippen molar-refractivity contribution in [3.8, 4) is 22.8 Å². The van der Waals surface area contributed by atoms with E-state index < -0.39 is 0 Å². The van der Waals surface area contributed by atoms with Gasteiger partial charge in [0.15, 0.2) is 11.0 Å². The van der Waals surface area contributed by atoms with Crippen molar-refractivity contribution in [2.24, 2.45) is 0 Å². The first-order valence-corrected chi connectivity index (χ1v) is 10.9. The van der Waals surface area contributed by atoms with Gasteiger partial charge in [-0.05, 0) is 58.0 Å². The number of benzene rings is 2. The molecule has 4 rings (SSSR count). The van der Waals surface area contributed by atoms with Crippen LogP contribution in [0.15, 0.2) is 58.2 Å². The van der Waals surface area contributed by atoms with Crippen LogP contribution in [0, 0.1) is 20.8 Å². The molecule has 0 aliphatic carbocycles. The van der Waals surface area contributed by atoms with Crippen LogP contribution in [0.3, 0.4) is 0 Å². The molecule has 4 aromatic rings. The molecule has 2 aromatic carbocycles. The number of hydrogen-bond donors (Lipinski definition) is 0. The van der Waals surface area contributed by atoms with Crippen LogP contribution < -0.4 is 4.74 Å². The second kappa shape index (κ2) is 8.75. The van der Waals surface area contributed by atoms with Crippen molar-refractivity contribution in [1.29, 1.82) is 0 Å². The van der Waals surface area contributed by atoms with Crippen molar-refractivity contribution in [3.63, 3.8) is 0 Å². The number of hydrogen-bond acceptors (Lipinski definition) is 6. The van der Waals surface area contributed by atoms with E-state index in [9.17, 15) is 0 Å². The van der Waals surface area contributed by atoms with E-state index in [1.165, 1.54) is 5.56 Å². The summed E-state index contributed by atoms with van der Waals surface area (Å²) in [6.07, 6.45) is 0. The summed E-state index contributed by atoms with van der Waals surface area (Å²) in [6, 6.07) is 16.3. The minimum atomic E-state index is 0.638. The van der Waals surface area contributed by atoms with Crippen LogP contribution in [0.1, 0.15) is 29.5 Å². The Hall–Kier alpha value is -3.06. The third kappa shape index (κ3) is 4.11. The first kappa shape index (κ1) is 20.2. The summed E-state index contributed by atoms with van der Waals surface area (Å²) in [4.78, 5) is 0. The molecule has 0 unspecified atom stereocenters. The number of aryl methyl sites for hydroxylation is 3. The van der Waals surface area contributed by atoms with Crippen LogP contribution in [0.5, 0.6) is 5.75 Å². The molecule has 154 valence electrons. The van der Waals surface area contributed by atoms with Gasteiger partial charge < -0.3 is 9.26 Å². The van der Waals surface area contributed by atoms with Gasteiger partial charge in [-0.25, -0.2) is 0 Å². The highest BCUT2D eigenvalue weighted by atomic mass is 32.2. The van der Waals surface area contributed by atoms with Gasteiger partial charge in [-0.3, -0.25) is 4.57 Å². The fourth-order valence-corrected chi connectivity index (χ4v) is 4.38. The molecule has 0 saturated carbocycles. The predicted octanol–water partition coefficient (Wildman–Crippen LogP) is 5.54. The summed E-state index contributed by atoms with van der Waals surface area (Å²) in [5, 5.41) is 13.9. The first-order chi connectivity index (χ1) is 14.6. The lowest BCUT2D eigenvalue weighted by molar-refractivity contribution is 0.340. The average molecular weight is 421 g/mol. The Kier molecular flexibility index (Phi) is 5.90. The minimum absolute atomic E-state index is 0.638. The van der Waals surface area contributed by atoms with Gasteiger partial charge >= 0.3 is 0 Å². The van der Waals surface area contributed by atoms with Gasteiger partial charge in [-0.2, -0.15) is 0 Å². The fraction of sp³-hybridized carbons (Fsp3) is 0.261. The van der Waals surface area contributed by atoms with E-state index in [0.29, 0.717) is 12.4 Å². The lowest BCUT2D eigenvalue weighted by Gasteiger charge is -2.12. The standard InChI is InChI=1S/C23H24N4O2S/c1-5-28-20-11-9-19(10-12-20)27-22(18-8-6-7-15(2)13-18)24-25-23(27)30-14-21-16(3)26-29-17(21)4/h6-13H,5,14H2,1-4H3. The second-order valence-electron chi connectivity index (χ2n) is 7.03. The summed E-state index contributed by atoms with van der Waals surface area (Å²) < 4.78 is 13.0. The van der Waals surface area contributed by atoms with E-state index in [4.69, 9.17) is 9.26 Å². The normalized spacial score (nSPS) is 11.1. The van der Waals surface area contributed by atoms with Crippen LogP contribution in [0.2, 0.25) is 0 Å². The molecule has 0 fully saturated rings. The molecule has 0 aliphatic heterocycles. The summed E-state index contributed by atoms with van der Waals surface area (Å²) in [5.41, 5.74) is 5.20. The number of rotatable bonds is 7. The molecule has 0 spiro atoms. The molecule has 6 nitrogen and oxygen atoms in total. The Bertz CT molecular complexity index is 1130. The van der Waals surface area contributed by atoms with E-state index in [2.05, 4.69) is 45.0 Å². The Balaban J connectivity index is 1.74. The SMILES string of the molecule is CCOc1ccc(-n2c(SCc3c(C)noc3C)nnc2-c2cccc(C)c2)cc1. The van der Waals surface area contributed by atoms with E-state index in [-0.39, 0.29) is 0 Å². The second-order valence-corrected chi connectivity index (χ2v) is 7.97. The number of ether oxygens (including phenoxy) is 1. The Morgan fingerprint density at radius 1 is 1.03 bits per heavy atom. The van der Waals surface area contributed by atoms with Gasteiger partial charge in [0.25, 0.3) is 0 Å². The zero-order chi connectivity index (χ0) is 21.1. The quantitative estimate of drug-likeness (QED) is 0.366. The van der Waals surface area contributed by atoms with Crippen molar-refractivity contribution >= 4 is 11.8 Å². The highest BCUT2D eigenvalue weighted by Gasteiger charge is 2.18. The molecular weight excluding hydrogens is 396 g/mol.